The molecule has 0 radical (unpaired) electrons. The lowest BCUT2D eigenvalue weighted by Crippen LogP contribution is -2.11. The van der Waals surface area contributed by atoms with Crippen molar-refractivity contribution in [2.24, 2.45) is 5.73 Å². The molecule has 1 aromatic heterocycles. The molecule has 18 heavy (non-hydrogen) atoms. The van der Waals surface area contributed by atoms with Crippen LogP contribution in [0.25, 0.3) is 0 Å². The molecular formula is C13H11N3OS. The molecule has 0 unspecified atom stereocenters. The van der Waals surface area contributed by atoms with E-state index in [0.29, 0.717) is 22.7 Å². The third-order valence-corrected chi connectivity index (χ3v) is 3.29. The lowest BCUT2D eigenvalue weighted by atomic mass is 10.1. The van der Waals surface area contributed by atoms with E-state index in [4.69, 9.17) is 11.0 Å². The highest BCUT2D eigenvalue weighted by Gasteiger charge is 2.09. The smallest absolute Gasteiger partial charge is 0.256 e. The maximum absolute atomic E-state index is 11.9. The summed E-state index contributed by atoms with van der Waals surface area (Å²) < 4.78 is 0. The average Bonchev–Trinajstić information content (AvgIpc) is 2.86. The zero-order valence-corrected chi connectivity index (χ0v) is 10.3. The van der Waals surface area contributed by atoms with Gasteiger partial charge in [-0.2, -0.15) is 5.26 Å². The van der Waals surface area contributed by atoms with Crippen LogP contribution in [0.15, 0.2) is 35.7 Å². The van der Waals surface area contributed by atoms with Crippen molar-refractivity contribution in [3.63, 3.8) is 0 Å². The highest BCUT2D eigenvalue weighted by Crippen LogP contribution is 2.22. The van der Waals surface area contributed by atoms with Crippen molar-refractivity contribution in [1.82, 2.24) is 0 Å². The Morgan fingerprint density at radius 1 is 1.33 bits per heavy atom. The van der Waals surface area contributed by atoms with Gasteiger partial charge in [-0.3, -0.25) is 4.79 Å². The summed E-state index contributed by atoms with van der Waals surface area (Å²) in [5.41, 5.74) is 7.49. The van der Waals surface area contributed by atoms with Gasteiger partial charge in [-0.15, -0.1) is 11.3 Å². The highest BCUT2D eigenvalue weighted by molar-refractivity contribution is 7.14. The van der Waals surface area contributed by atoms with Gasteiger partial charge in [-0.25, -0.2) is 0 Å². The third-order valence-electron chi connectivity index (χ3n) is 2.46. The summed E-state index contributed by atoms with van der Waals surface area (Å²) in [6.07, 6.45) is 0. The SMILES string of the molecule is N#Cc1ccsc1NC(=O)c1ccc(CN)cc1. The minimum Gasteiger partial charge on any atom is -0.326 e. The number of hydrogen-bond acceptors (Lipinski definition) is 4. The van der Waals surface area contributed by atoms with Crippen LogP contribution in [0.2, 0.25) is 0 Å². The van der Waals surface area contributed by atoms with Gasteiger partial charge in [0.2, 0.25) is 0 Å². The maximum atomic E-state index is 11.9. The minimum absolute atomic E-state index is 0.225. The van der Waals surface area contributed by atoms with E-state index in [0.717, 1.165) is 5.56 Å². The Labute approximate surface area is 109 Å². The van der Waals surface area contributed by atoms with Crippen LogP contribution in [0.4, 0.5) is 5.00 Å². The van der Waals surface area contributed by atoms with Crippen molar-refractivity contribution in [2.45, 2.75) is 6.54 Å². The van der Waals surface area contributed by atoms with Crippen molar-refractivity contribution < 1.29 is 4.79 Å². The number of nitrogens with one attached hydrogen (secondary N) is 1. The van der Waals surface area contributed by atoms with Crippen molar-refractivity contribution in [2.75, 3.05) is 5.32 Å². The van der Waals surface area contributed by atoms with Crippen LogP contribution in [0.3, 0.4) is 0 Å². The van der Waals surface area contributed by atoms with Gasteiger partial charge in [-0.05, 0) is 29.1 Å². The number of rotatable bonds is 3. The number of thiophene rings is 1. The number of nitriles is 1. The molecule has 0 aliphatic heterocycles. The van der Waals surface area contributed by atoms with Gasteiger partial charge in [-0.1, -0.05) is 12.1 Å². The Kier molecular flexibility index (Phi) is 3.72. The lowest BCUT2D eigenvalue weighted by molar-refractivity contribution is 0.102. The van der Waals surface area contributed by atoms with Crippen LogP contribution >= 0.6 is 11.3 Å². The second-order valence-electron chi connectivity index (χ2n) is 3.63. The Hall–Kier alpha value is -2.16. The summed E-state index contributed by atoms with van der Waals surface area (Å²) in [6.45, 7) is 0.450. The van der Waals surface area contributed by atoms with Crippen molar-refractivity contribution in [3.8, 4) is 6.07 Å². The number of anilines is 1. The predicted molar refractivity (Wildman–Crippen MR) is 71.3 cm³/mol. The molecule has 1 amide bonds. The molecule has 0 aliphatic carbocycles. The highest BCUT2D eigenvalue weighted by atomic mass is 32.1. The van der Waals surface area contributed by atoms with Gasteiger partial charge in [0.05, 0.1) is 5.56 Å². The summed E-state index contributed by atoms with van der Waals surface area (Å²) >= 11 is 1.33. The Morgan fingerprint density at radius 3 is 2.67 bits per heavy atom. The van der Waals surface area contributed by atoms with Crippen molar-refractivity contribution >= 4 is 22.2 Å². The fourth-order valence-electron chi connectivity index (χ4n) is 1.46. The van der Waals surface area contributed by atoms with E-state index in [-0.39, 0.29) is 5.91 Å². The summed E-state index contributed by atoms with van der Waals surface area (Å²) in [7, 11) is 0. The van der Waals surface area contributed by atoms with Crippen LogP contribution in [0, 0.1) is 11.3 Å². The van der Waals surface area contributed by atoms with Gasteiger partial charge in [0.15, 0.2) is 0 Å². The molecule has 4 nitrogen and oxygen atoms in total. The number of nitrogens with two attached hydrogens (primary N) is 1. The first-order chi connectivity index (χ1) is 8.74. The molecule has 1 aromatic carbocycles. The van der Waals surface area contributed by atoms with Gasteiger partial charge in [0, 0.05) is 12.1 Å². The Bertz CT molecular complexity index is 595. The summed E-state index contributed by atoms with van der Waals surface area (Å²) in [5.74, 6) is -0.225. The molecule has 1 heterocycles. The zero-order valence-electron chi connectivity index (χ0n) is 9.51. The summed E-state index contributed by atoms with van der Waals surface area (Å²) in [6, 6.07) is 10.8. The monoisotopic (exact) mass is 257 g/mol. The van der Waals surface area contributed by atoms with Crippen LogP contribution in [0.5, 0.6) is 0 Å². The summed E-state index contributed by atoms with van der Waals surface area (Å²) in [5, 5.41) is 13.9. The van der Waals surface area contributed by atoms with E-state index in [2.05, 4.69) is 5.32 Å². The lowest BCUT2D eigenvalue weighted by Gasteiger charge is -2.04. The minimum atomic E-state index is -0.225. The quantitative estimate of drug-likeness (QED) is 0.885. The van der Waals surface area contributed by atoms with Crippen LogP contribution < -0.4 is 11.1 Å². The fraction of sp³-hybridized carbons (Fsp3) is 0.0769. The van der Waals surface area contributed by atoms with E-state index >= 15 is 0 Å². The van der Waals surface area contributed by atoms with Gasteiger partial charge in [0.25, 0.3) is 5.91 Å². The average molecular weight is 257 g/mol. The first-order valence-electron chi connectivity index (χ1n) is 5.32. The molecule has 0 saturated heterocycles. The van der Waals surface area contributed by atoms with E-state index in [1.165, 1.54) is 11.3 Å². The Morgan fingerprint density at radius 2 is 2.06 bits per heavy atom. The first-order valence-corrected chi connectivity index (χ1v) is 6.20. The molecule has 3 N–H and O–H groups in total. The van der Waals surface area contributed by atoms with Gasteiger partial charge >= 0.3 is 0 Å². The maximum Gasteiger partial charge on any atom is 0.256 e. The van der Waals surface area contributed by atoms with Gasteiger partial charge < -0.3 is 11.1 Å². The van der Waals surface area contributed by atoms with Crippen LogP contribution in [-0.4, -0.2) is 5.91 Å². The van der Waals surface area contributed by atoms with Crippen molar-refractivity contribution in [1.29, 1.82) is 5.26 Å². The fourth-order valence-corrected chi connectivity index (χ4v) is 2.19. The molecule has 0 fully saturated rings. The molecular weight excluding hydrogens is 246 g/mol. The standard InChI is InChI=1S/C13H11N3OS/c14-7-9-1-3-10(4-2-9)12(17)16-13-11(8-15)5-6-18-13/h1-6H,7,14H2,(H,16,17). The molecule has 2 aromatic rings. The van der Waals surface area contributed by atoms with E-state index < -0.39 is 0 Å². The second kappa shape index (κ2) is 5.45. The van der Waals surface area contributed by atoms with Crippen molar-refractivity contribution in [3.05, 3.63) is 52.4 Å². The molecule has 5 heteroatoms. The normalized spacial score (nSPS) is 9.78. The predicted octanol–water partition coefficient (Wildman–Crippen LogP) is 2.33. The number of benzene rings is 1. The Balaban J connectivity index is 2.15. The molecule has 2 rings (SSSR count). The molecule has 90 valence electrons. The number of nitrogens with zero attached hydrogens (tertiary/aromatic N) is 1. The number of amides is 1. The molecule has 0 spiro atoms. The number of hydrogen-bond donors (Lipinski definition) is 2. The third kappa shape index (κ3) is 2.56. The summed E-state index contributed by atoms with van der Waals surface area (Å²) in [4.78, 5) is 11.9. The molecule has 0 bridgehead atoms. The number of carbonyl (C=O) groups excluding carboxylic acids is 1. The largest absolute Gasteiger partial charge is 0.326 e. The molecule has 0 aliphatic rings. The van der Waals surface area contributed by atoms with E-state index in [9.17, 15) is 4.79 Å². The molecule has 0 saturated carbocycles. The first kappa shape index (κ1) is 12.3. The molecule has 0 atom stereocenters. The van der Waals surface area contributed by atoms with Crippen LogP contribution in [0.1, 0.15) is 21.5 Å². The van der Waals surface area contributed by atoms with E-state index in [1.54, 1.807) is 23.6 Å². The van der Waals surface area contributed by atoms with Crippen LogP contribution in [-0.2, 0) is 6.54 Å². The second-order valence-corrected chi connectivity index (χ2v) is 4.55. The van der Waals surface area contributed by atoms with Gasteiger partial charge in [0.1, 0.15) is 11.1 Å². The topological polar surface area (TPSA) is 78.9 Å². The zero-order chi connectivity index (χ0) is 13.0. The van der Waals surface area contributed by atoms with E-state index in [1.807, 2.05) is 18.2 Å². The number of carbonyl (C=O) groups is 1.